The number of halogens is 1. The van der Waals surface area contributed by atoms with E-state index in [0.717, 1.165) is 13.0 Å². The number of nitrogens with zero attached hydrogens (tertiary/aromatic N) is 1. The molecule has 1 aliphatic rings. The number of carbonyl (C=O) groups excluding carboxylic acids is 1. The Labute approximate surface area is 106 Å². The Morgan fingerprint density at radius 2 is 2.47 bits per heavy atom. The summed E-state index contributed by atoms with van der Waals surface area (Å²) in [6.07, 6.45) is 4.89. The fraction of sp³-hybridized carbons (Fsp3) is 0.500. The van der Waals surface area contributed by atoms with Crippen LogP contribution in [0, 0.1) is 0 Å². The van der Waals surface area contributed by atoms with Crippen molar-refractivity contribution in [1.82, 2.24) is 15.6 Å². The summed E-state index contributed by atoms with van der Waals surface area (Å²) < 4.78 is 0. The molecule has 1 aromatic rings. The standard InChI is InChI=1S/C12H16ClN3O/c13-9-3-4-11(16-8-9)12(17)15-7-5-10-2-1-6-14-10/h3-4,8,10,14H,1-2,5-7H2,(H,15,17)/t10-/m1/s1. The number of nitrogens with one attached hydrogen (secondary N) is 2. The average molecular weight is 254 g/mol. The van der Waals surface area contributed by atoms with Gasteiger partial charge in [0.25, 0.3) is 5.91 Å². The van der Waals surface area contributed by atoms with Crippen LogP contribution in [0.2, 0.25) is 5.02 Å². The third kappa shape index (κ3) is 3.68. The molecule has 5 heteroatoms. The topological polar surface area (TPSA) is 54.0 Å². The zero-order valence-electron chi connectivity index (χ0n) is 9.58. The molecule has 0 saturated carbocycles. The van der Waals surface area contributed by atoms with E-state index in [-0.39, 0.29) is 5.91 Å². The molecular formula is C12H16ClN3O. The number of hydrogen-bond acceptors (Lipinski definition) is 3. The molecule has 17 heavy (non-hydrogen) atoms. The van der Waals surface area contributed by atoms with Gasteiger partial charge in [0.1, 0.15) is 5.69 Å². The molecular weight excluding hydrogens is 238 g/mol. The van der Waals surface area contributed by atoms with Gasteiger partial charge in [0.2, 0.25) is 0 Å². The van der Waals surface area contributed by atoms with Crippen LogP contribution in [0.3, 0.4) is 0 Å². The summed E-state index contributed by atoms with van der Waals surface area (Å²) in [6.45, 7) is 1.78. The van der Waals surface area contributed by atoms with Gasteiger partial charge in [-0.05, 0) is 37.9 Å². The molecule has 1 atom stereocenters. The van der Waals surface area contributed by atoms with Crippen LogP contribution in [0.1, 0.15) is 29.8 Å². The minimum atomic E-state index is -0.139. The molecule has 0 unspecified atom stereocenters. The van der Waals surface area contributed by atoms with E-state index >= 15 is 0 Å². The zero-order chi connectivity index (χ0) is 12.1. The van der Waals surface area contributed by atoms with Crippen LogP contribution >= 0.6 is 11.6 Å². The van der Waals surface area contributed by atoms with Crippen molar-refractivity contribution in [2.45, 2.75) is 25.3 Å². The lowest BCUT2D eigenvalue weighted by Gasteiger charge is -2.10. The highest BCUT2D eigenvalue weighted by atomic mass is 35.5. The minimum Gasteiger partial charge on any atom is -0.351 e. The molecule has 1 aromatic heterocycles. The van der Waals surface area contributed by atoms with Gasteiger partial charge >= 0.3 is 0 Å². The average Bonchev–Trinajstić information content (AvgIpc) is 2.83. The first-order valence-electron chi connectivity index (χ1n) is 5.89. The van der Waals surface area contributed by atoms with Crippen molar-refractivity contribution in [3.63, 3.8) is 0 Å². The normalized spacial score (nSPS) is 19.2. The van der Waals surface area contributed by atoms with Gasteiger partial charge in [-0.3, -0.25) is 4.79 Å². The van der Waals surface area contributed by atoms with Crippen LogP contribution < -0.4 is 10.6 Å². The van der Waals surface area contributed by atoms with E-state index in [1.165, 1.54) is 19.0 Å². The maximum Gasteiger partial charge on any atom is 0.269 e. The Bertz CT molecular complexity index is 374. The smallest absolute Gasteiger partial charge is 0.269 e. The lowest BCUT2D eigenvalue weighted by Crippen LogP contribution is -2.30. The predicted molar refractivity (Wildman–Crippen MR) is 67.2 cm³/mol. The Morgan fingerprint density at radius 1 is 1.59 bits per heavy atom. The number of carbonyl (C=O) groups is 1. The third-order valence-corrected chi connectivity index (χ3v) is 3.12. The highest BCUT2D eigenvalue weighted by Gasteiger charge is 2.14. The summed E-state index contributed by atoms with van der Waals surface area (Å²) in [5.74, 6) is -0.139. The van der Waals surface area contributed by atoms with Crippen LogP contribution in [0.5, 0.6) is 0 Å². The number of pyridine rings is 1. The van der Waals surface area contributed by atoms with Crippen LogP contribution in [0.4, 0.5) is 0 Å². The molecule has 1 saturated heterocycles. The van der Waals surface area contributed by atoms with E-state index in [0.29, 0.717) is 23.3 Å². The van der Waals surface area contributed by atoms with Gasteiger partial charge in [0.15, 0.2) is 0 Å². The summed E-state index contributed by atoms with van der Waals surface area (Å²) >= 11 is 5.70. The van der Waals surface area contributed by atoms with Crippen molar-refractivity contribution in [3.05, 3.63) is 29.0 Å². The molecule has 1 amide bonds. The van der Waals surface area contributed by atoms with E-state index < -0.39 is 0 Å². The van der Waals surface area contributed by atoms with Crippen LogP contribution in [0.15, 0.2) is 18.3 Å². The van der Waals surface area contributed by atoms with E-state index in [2.05, 4.69) is 15.6 Å². The summed E-state index contributed by atoms with van der Waals surface area (Å²) in [6, 6.07) is 3.85. The van der Waals surface area contributed by atoms with Crippen LogP contribution in [0.25, 0.3) is 0 Å². The summed E-state index contributed by atoms with van der Waals surface area (Å²) in [5.41, 5.74) is 0.411. The maximum absolute atomic E-state index is 11.7. The van der Waals surface area contributed by atoms with Crippen molar-refractivity contribution in [3.8, 4) is 0 Å². The first-order valence-corrected chi connectivity index (χ1v) is 6.26. The molecule has 2 rings (SSSR count). The van der Waals surface area contributed by atoms with Crippen molar-refractivity contribution < 1.29 is 4.79 Å². The SMILES string of the molecule is O=C(NCC[C@H]1CCCN1)c1ccc(Cl)cn1. The highest BCUT2D eigenvalue weighted by molar-refractivity contribution is 6.30. The van der Waals surface area contributed by atoms with Gasteiger partial charge in [-0.15, -0.1) is 0 Å². The van der Waals surface area contributed by atoms with Gasteiger partial charge in [-0.1, -0.05) is 11.6 Å². The monoisotopic (exact) mass is 253 g/mol. The number of aromatic nitrogens is 1. The lowest BCUT2D eigenvalue weighted by atomic mass is 10.1. The molecule has 0 spiro atoms. The van der Waals surface area contributed by atoms with Crippen molar-refractivity contribution in [2.24, 2.45) is 0 Å². The second kappa shape index (κ2) is 5.98. The quantitative estimate of drug-likeness (QED) is 0.857. The summed E-state index contributed by atoms with van der Waals surface area (Å²) in [7, 11) is 0. The van der Waals surface area contributed by atoms with E-state index in [1.807, 2.05) is 0 Å². The van der Waals surface area contributed by atoms with Crippen molar-refractivity contribution in [1.29, 1.82) is 0 Å². The van der Waals surface area contributed by atoms with Crippen LogP contribution in [-0.2, 0) is 0 Å². The molecule has 4 nitrogen and oxygen atoms in total. The van der Waals surface area contributed by atoms with E-state index in [1.54, 1.807) is 12.1 Å². The van der Waals surface area contributed by atoms with Gasteiger partial charge in [-0.2, -0.15) is 0 Å². The molecule has 2 heterocycles. The molecule has 2 N–H and O–H groups in total. The second-order valence-corrected chi connectivity index (χ2v) is 4.64. The van der Waals surface area contributed by atoms with Gasteiger partial charge < -0.3 is 10.6 Å². The van der Waals surface area contributed by atoms with Crippen molar-refractivity contribution >= 4 is 17.5 Å². The predicted octanol–water partition coefficient (Wildman–Crippen LogP) is 1.61. The maximum atomic E-state index is 11.7. The van der Waals surface area contributed by atoms with Gasteiger partial charge in [0, 0.05) is 18.8 Å². The van der Waals surface area contributed by atoms with Crippen molar-refractivity contribution in [2.75, 3.05) is 13.1 Å². The molecule has 0 aliphatic carbocycles. The number of amides is 1. The van der Waals surface area contributed by atoms with Gasteiger partial charge in [0.05, 0.1) is 5.02 Å². The number of hydrogen-bond donors (Lipinski definition) is 2. The highest BCUT2D eigenvalue weighted by Crippen LogP contribution is 2.08. The zero-order valence-corrected chi connectivity index (χ0v) is 10.3. The summed E-state index contributed by atoms with van der Waals surface area (Å²) in [4.78, 5) is 15.7. The molecule has 92 valence electrons. The fourth-order valence-electron chi connectivity index (χ4n) is 1.96. The Balaban J connectivity index is 1.75. The first-order chi connectivity index (χ1) is 8.25. The molecule has 1 aliphatic heterocycles. The van der Waals surface area contributed by atoms with Crippen LogP contribution in [-0.4, -0.2) is 30.0 Å². The Morgan fingerprint density at radius 3 is 3.12 bits per heavy atom. The molecule has 1 fully saturated rings. The molecule has 0 aromatic carbocycles. The lowest BCUT2D eigenvalue weighted by molar-refractivity contribution is 0.0947. The first kappa shape index (κ1) is 12.3. The second-order valence-electron chi connectivity index (χ2n) is 4.20. The Hall–Kier alpha value is -1.13. The molecule has 0 radical (unpaired) electrons. The number of rotatable bonds is 4. The molecule has 0 bridgehead atoms. The summed E-state index contributed by atoms with van der Waals surface area (Å²) in [5, 5.41) is 6.79. The third-order valence-electron chi connectivity index (χ3n) is 2.90. The van der Waals surface area contributed by atoms with E-state index in [9.17, 15) is 4.79 Å². The fourth-order valence-corrected chi connectivity index (χ4v) is 2.08. The van der Waals surface area contributed by atoms with E-state index in [4.69, 9.17) is 11.6 Å². The largest absolute Gasteiger partial charge is 0.351 e. The minimum absolute atomic E-state index is 0.139. The Kier molecular flexibility index (Phi) is 4.34. The van der Waals surface area contributed by atoms with Gasteiger partial charge in [-0.25, -0.2) is 4.98 Å².